The number of fused-ring (bicyclic) bond motifs is 1. The van der Waals surface area contributed by atoms with E-state index in [2.05, 4.69) is 65.0 Å². The molecule has 2 aromatic carbocycles. The molecule has 0 saturated heterocycles. The van der Waals surface area contributed by atoms with Gasteiger partial charge in [-0.05, 0) is 72.9 Å². The molecule has 0 radical (unpaired) electrons. The van der Waals surface area contributed by atoms with Crippen molar-refractivity contribution in [2.45, 2.75) is 40.7 Å². The van der Waals surface area contributed by atoms with Gasteiger partial charge in [-0.3, -0.25) is 0 Å². The van der Waals surface area contributed by atoms with Crippen molar-refractivity contribution in [3.63, 3.8) is 0 Å². The van der Waals surface area contributed by atoms with Crippen LogP contribution in [0.15, 0.2) is 66.0 Å². The number of aryl methyl sites for hydroxylation is 4. The van der Waals surface area contributed by atoms with Gasteiger partial charge in [0.1, 0.15) is 11.3 Å². The number of hydrogen-bond donors (Lipinski definition) is 2. The molecule has 8 heteroatoms. The van der Waals surface area contributed by atoms with Crippen LogP contribution in [-0.4, -0.2) is 30.2 Å². The number of pyridine rings is 1. The molecule has 0 spiro atoms. The van der Waals surface area contributed by atoms with E-state index in [9.17, 15) is 0 Å². The number of hydrazone groups is 1. The molecule has 0 fully saturated rings. The number of benzene rings is 2. The highest BCUT2D eigenvalue weighted by molar-refractivity contribution is 6.03. The van der Waals surface area contributed by atoms with Crippen LogP contribution in [0.25, 0.3) is 28.0 Å². The summed E-state index contributed by atoms with van der Waals surface area (Å²) in [7, 11) is 0. The summed E-state index contributed by atoms with van der Waals surface area (Å²) >= 11 is 0. The van der Waals surface area contributed by atoms with E-state index in [0.717, 1.165) is 68.2 Å². The quantitative estimate of drug-likeness (QED) is 0.163. The van der Waals surface area contributed by atoms with Gasteiger partial charge in [-0.2, -0.15) is 10.2 Å². The maximum absolute atomic E-state index is 6.14. The van der Waals surface area contributed by atoms with E-state index in [0.29, 0.717) is 6.54 Å². The highest BCUT2D eigenvalue weighted by Gasteiger charge is 2.15. The van der Waals surface area contributed by atoms with Gasteiger partial charge in [0.25, 0.3) is 0 Å². The van der Waals surface area contributed by atoms with Crippen molar-refractivity contribution in [2.75, 3.05) is 0 Å². The number of aromatic nitrogens is 5. The molecule has 0 aliphatic rings. The smallest absolute Gasteiger partial charge is 0.160 e. The lowest BCUT2D eigenvalue weighted by molar-refractivity contribution is 0.745. The minimum absolute atomic E-state index is 0.284. The van der Waals surface area contributed by atoms with Crippen LogP contribution in [0, 0.1) is 20.8 Å². The molecule has 0 amide bonds. The van der Waals surface area contributed by atoms with Gasteiger partial charge in [0, 0.05) is 23.9 Å². The minimum atomic E-state index is 0.284. The van der Waals surface area contributed by atoms with Gasteiger partial charge in [0.2, 0.25) is 0 Å². The topological polar surface area (TPSA) is 113 Å². The van der Waals surface area contributed by atoms with Crippen molar-refractivity contribution in [1.29, 1.82) is 0 Å². The number of rotatable bonds is 6. The third-order valence-corrected chi connectivity index (χ3v) is 6.42. The van der Waals surface area contributed by atoms with Crippen LogP contribution in [0.2, 0.25) is 0 Å². The summed E-state index contributed by atoms with van der Waals surface area (Å²) < 4.78 is 4.07. The zero-order valence-electron chi connectivity index (χ0n) is 21.0. The maximum atomic E-state index is 6.14. The first-order chi connectivity index (χ1) is 17.4. The molecular weight excluding hydrogens is 448 g/mol. The Kier molecular flexibility index (Phi) is 6.01. The molecule has 0 aliphatic heterocycles. The molecule has 0 aliphatic carbocycles. The largest absolute Gasteiger partial charge is 0.382 e. The van der Waals surface area contributed by atoms with Crippen LogP contribution in [0.5, 0.6) is 0 Å². The van der Waals surface area contributed by atoms with Crippen LogP contribution in [0.1, 0.15) is 40.7 Å². The Labute approximate surface area is 210 Å². The number of amidine groups is 1. The van der Waals surface area contributed by atoms with E-state index in [1.54, 1.807) is 0 Å². The standard InChI is InChI=1S/C28H30N8/c1-5-25-33-26-18(3)12-19(4)32-28(26)35(25)16-20-6-8-21(9-7-20)24-13-22(36-15-17(2)14-31-36)10-11-23(24)27(29)34-30/h6-15H,5,16,30H2,1-4H3,(H2,29,34). The number of nitrogens with zero attached hydrogens (tertiary/aromatic N) is 6. The molecule has 182 valence electrons. The van der Waals surface area contributed by atoms with E-state index in [4.69, 9.17) is 21.5 Å². The van der Waals surface area contributed by atoms with Gasteiger partial charge in [0.15, 0.2) is 11.5 Å². The summed E-state index contributed by atoms with van der Waals surface area (Å²) in [5.74, 6) is 6.85. The highest BCUT2D eigenvalue weighted by atomic mass is 15.3. The van der Waals surface area contributed by atoms with Crippen LogP contribution < -0.4 is 11.6 Å². The van der Waals surface area contributed by atoms with E-state index in [-0.39, 0.29) is 5.84 Å². The van der Waals surface area contributed by atoms with Crippen LogP contribution in [-0.2, 0) is 13.0 Å². The van der Waals surface area contributed by atoms with E-state index in [1.165, 1.54) is 0 Å². The summed E-state index contributed by atoms with van der Waals surface area (Å²) in [4.78, 5) is 9.67. The third kappa shape index (κ3) is 4.22. The summed E-state index contributed by atoms with van der Waals surface area (Å²) in [6, 6.07) is 16.5. The van der Waals surface area contributed by atoms with E-state index >= 15 is 0 Å². The molecule has 5 aromatic rings. The molecule has 36 heavy (non-hydrogen) atoms. The molecule has 0 unspecified atom stereocenters. The van der Waals surface area contributed by atoms with Gasteiger partial charge in [-0.1, -0.05) is 31.2 Å². The molecule has 0 bridgehead atoms. The summed E-state index contributed by atoms with van der Waals surface area (Å²) in [6.07, 6.45) is 4.66. The predicted octanol–water partition coefficient (Wildman–Crippen LogP) is 4.40. The highest BCUT2D eigenvalue weighted by Crippen LogP contribution is 2.28. The van der Waals surface area contributed by atoms with Gasteiger partial charge in [-0.15, -0.1) is 0 Å². The van der Waals surface area contributed by atoms with Crippen molar-refractivity contribution >= 4 is 17.0 Å². The Balaban J connectivity index is 1.53. The first-order valence-electron chi connectivity index (χ1n) is 12.0. The second kappa shape index (κ2) is 9.30. The zero-order chi connectivity index (χ0) is 25.4. The Morgan fingerprint density at radius 2 is 1.78 bits per heavy atom. The molecule has 0 atom stereocenters. The minimum Gasteiger partial charge on any atom is -0.382 e. The predicted molar refractivity (Wildman–Crippen MR) is 144 cm³/mol. The monoisotopic (exact) mass is 478 g/mol. The zero-order valence-corrected chi connectivity index (χ0v) is 21.0. The lowest BCUT2D eigenvalue weighted by atomic mass is 9.97. The molecule has 3 heterocycles. The molecule has 4 N–H and O–H groups in total. The number of imidazole rings is 1. The molecule has 8 nitrogen and oxygen atoms in total. The van der Waals surface area contributed by atoms with Crippen LogP contribution in [0.3, 0.4) is 0 Å². The average molecular weight is 479 g/mol. The van der Waals surface area contributed by atoms with Crippen LogP contribution >= 0.6 is 0 Å². The fourth-order valence-electron chi connectivity index (χ4n) is 4.62. The van der Waals surface area contributed by atoms with Crippen molar-refractivity contribution in [2.24, 2.45) is 16.7 Å². The fraction of sp³-hybridized carbons (Fsp3) is 0.214. The van der Waals surface area contributed by atoms with Gasteiger partial charge in [-0.25, -0.2) is 14.6 Å². The summed E-state index contributed by atoms with van der Waals surface area (Å²) in [5.41, 5.74) is 16.1. The van der Waals surface area contributed by atoms with Crippen molar-refractivity contribution in [3.05, 3.63) is 94.7 Å². The van der Waals surface area contributed by atoms with Gasteiger partial charge >= 0.3 is 0 Å². The number of hydrogen-bond acceptors (Lipinski definition) is 5. The number of nitrogens with two attached hydrogens (primary N) is 2. The second-order valence-corrected chi connectivity index (χ2v) is 9.12. The normalized spacial score (nSPS) is 11.9. The first-order valence-corrected chi connectivity index (χ1v) is 12.0. The van der Waals surface area contributed by atoms with Crippen molar-refractivity contribution in [3.8, 4) is 16.8 Å². The van der Waals surface area contributed by atoms with Crippen LogP contribution in [0.4, 0.5) is 0 Å². The van der Waals surface area contributed by atoms with Gasteiger partial charge in [0.05, 0.1) is 18.4 Å². The molecule has 5 rings (SSSR count). The van der Waals surface area contributed by atoms with Crippen molar-refractivity contribution < 1.29 is 0 Å². The van der Waals surface area contributed by atoms with Crippen molar-refractivity contribution in [1.82, 2.24) is 24.3 Å². The summed E-state index contributed by atoms with van der Waals surface area (Å²) in [6.45, 7) is 8.96. The lowest BCUT2D eigenvalue weighted by Gasteiger charge is -2.13. The third-order valence-electron chi connectivity index (χ3n) is 6.42. The SMILES string of the molecule is CCc1nc2c(C)cc(C)nc2n1Cc1ccc(-c2cc(-n3cc(C)cn3)ccc2/C(N)=N/N)cc1. The lowest BCUT2D eigenvalue weighted by Crippen LogP contribution is -2.17. The van der Waals surface area contributed by atoms with E-state index < -0.39 is 0 Å². The maximum Gasteiger partial charge on any atom is 0.160 e. The first kappa shape index (κ1) is 23.3. The second-order valence-electron chi connectivity index (χ2n) is 9.12. The van der Waals surface area contributed by atoms with E-state index in [1.807, 2.05) is 43.1 Å². The Hall–Kier alpha value is -4.46. The molecular formula is C28H30N8. The molecule has 3 aromatic heterocycles. The molecule has 0 saturated carbocycles. The average Bonchev–Trinajstić information content (AvgIpc) is 3.47. The van der Waals surface area contributed by atoms with Gasteiger partial charge < -0.3 is 16.1 Å². The summed E-state index contributed by atoms with van der Waals surface area (Å²) in [5, 5.41) is 8.18. The Morgan fingerprint density at radius 1 is 1.00 bits per heavy atom. The Bertz CT molecular complexity index is 1590. The fourth-order valence-corrected chi connectivity index (χ4v) is 4.62. The Morgan fingerprint density at radius 3 is 2.44 bits per heavy atom.